The highest BCUT2D eigenvalue weighted by atomic mass is 16.6. The summed E-state index contributed by atoms with van der Waals surface area (Å²) in [7, 11) is 0. The molecule has 3 fully saturated rings. The van der Waals surface area contributed by atoms with Gasteiger partial charge in [0.25, 0.3) is 0 Å². The summed E-state index contributed by atoms with van der Waals surface area (Å²) in [5.41, 5.74) is 2.53. The van der Waals surface area contributed by atoms with Crippen LogP contribution in [0.15, 0.2) is 36.5 Å². The van der Waals surface area contributed by atoms with Crippen molar-refractivity contribution in [2.45, 2.75) is 51.7 Å². The van der Waals surface area contributed by atoms with Crippen molar-refractivity contribution in [3.63, 3.8) is 0 Å². The first-order chi connectivity index (χ1) is 11.3. The summed E-state index contributed by atoms with van der Waals surface area (Å²) in [6, 6.07) is 0. The van der Waals surface area contributed by atoms with Crippen LogP contribution in [-0.4, -0.2) is 24.1 Å². The molecule has 0 aromatic rings. The van der Waals surface area contributed by atoms with Crippen molar-refractivity contribution in [3.8, 4) is 0 Å². The number of fused-ring (bicyclic) bond motifs is 3. The Morgan fingerprint density at radius 2 is 2.04 bits per heavy atom. The van der Waals surface area contributed by atoms with Gasteiger partial charge in [0.15, 0.2) is 0 Å². The zero-order chi connectivity index (χ0) is 17.6. The highest BCUT2D eigenvalue weighted by molar-refractivity contribution is 5.91. The van der Waals surface area contributed by atoms with Crippen molar-refractivity contribution >= 4 is 11.9 Å². The lowest BCUT2D eigenvalue weighted by molar-refractivity contribution is -0.152. The first-order valence-corrected chi connectivity index (χ1v) is 8.81. The number of hydrogen-bond acceptors (Lipinski definition) is 4. The average Bonchev–Trinajstić information content (AvgIpc) is 3.03. The van der Waals surface area contributed by atoms with Crippen LogP contribution < -0.4 is 0 Å². The van der Waals surface area contributed by atoms with Crippen molar-refractivity contribution in [2.75, 3.05) is 0 Å². The number of ether oxygens (including phenoxy) is 2. The maximum absolute atomic E-state index is 12.3. The molecule has 6 atom stereocenters. The van der Waals surface area contributed by atoms with Crippen molar-refractivity contribution < 1.29 is 19.1 Å². The minimum absolute atomic E-state index is 0.0676. The highest BCUT2D eigenvalue weighted by Gasteiger charge is 2.53. The van der Waals surface area contributed by atoms with E-state index in [1.165, 1.54) is 0 Å². The predicted octanol–water partition coefficient (Wildman–Crippen LogP) is 3.58. The van der Waals surface area contributed by atoms with Gasteiger partial charge in [0, 0.05) is 17.4 Å². The van der Waals surface area contributed by atoms with Crippen molar-refractivity contribution in [1.82, 2.24) is 0 Å². The standard InChI is InChI=1S/C20H26O4/c1-6-10(2)19(21)23-16-9-15-13(5)20(22)24-18(15)17-11(3)7-8-14(17)12(16)4/h10,14-18H,3-9H2,1-2H3/t10-,14+,15+,16-,17+,18+/m1/s1. The number of carbonyl (C=O) groups excluding carboxylic acids is 2. The molecule has 0 aromatic heterocycles. The summed E-state index contributed by atoms with van der Waals surface area (Å²) >= 11 is 0. The monoisotopic (exact) mass is 330 g/mol. The summed E-state index contributed by atoms with van der Waals surface area (Å²) in [4.78, 5) is 24.3. The summed E-state index contributed by atoms with van der Waals surface area (Å²) in [6.07, 6.45) is 2.46. The van der Waals surface area contributed by atoms with Gasteiger partial charge in [-0.2, -0.15) is 0 Å². The average molecular weight is 330 g/mol. The molecule has 4 nitrogen and oxygen atoms in total. The third kappa shape index (κ3) is 2.62. The molecule has 2 saturated carbocycles. The second-order valence-corrected chi connectivity index (χ2v) is 7.38. The van der Waals surface area contributed by atoms with E-state index < -0.39 is 0 Å². The Bertz CT molecular complexity index is 617. The van der Waals surface area contributed by atoms with E-state index >= 15 is 0 Å². The third-order valence-corrected chi connectivity index (χ3v) is 6.02. The molecule has 1 heterocycles. The van der Waals surface area contributed by atoms with Gasteiger partial charge < -0.3 is 9.47 Å². The molecule has 0 bridgehead atoms. The van der Waals surface area contributed by atoms with Gasteiger partial charge in [0.05, 0.1) is 5.92 Å². The second kappa shape index (κ2) is 6.23. The molecule has 2 aliphatic carbocycles. The van der Waals surface area contributed by atoms with Crippen LogP contribution in [0.25, 0.3) is 0 Å². The minimum Gasteiger partial charge on any atom is -0.458 e. The van der Waals surface area contributed by atoms with E-state index in [0.717, 1.165) is 30.4 Å². The zero-order valence-corrected chi connectivity index (χ0v) is 14.5. The van der Waals surface area contributed by atoms with Crippen LogP contribution >= 0.6 is 0 Å². The molecular weight excluding hydrogens is 304 g/mol. The van der Waals surface area contributed by atoms with E-state index in [4.69, 9.17) is 9.47 Å². The smallest absolute Gasteiger partial charge is 0.334 e. The minimum atomic E-state index is -0.383. The van der Waals surface area contributed by atoms with Crippen LogP contribution in [0.1, 0.15) is 39.5 Å². The lowest BCUT2D eigenvalue weighted by atomic mass is 9.82. The van der Waals surface area contributed by atoms with Gasteiger partial charge in [-0.1, -0.05) is 39.2 Å². The predicted molar refractivity (Wildman–Crippen MR) is 91.0 cm³/mol. The van der Waals surface area contributed by atoms with E-state index in [1.807, 2.05) is 13.8 Å². The molecule has 0 spiro atoms. The number of hydrogen-bond donors (Lipinski definition) is 0. The van der Waals surface area contributed by atoms with Crippen molar-refractivity contribution in [2.24, 2.45) is 23.7 Å². The molecule has 4 heteroatoms. The number of carbonyl (C=O) groups is 2. The number of rotatable bonds is 3. The second-order valence-electron chi connectivity index (χ2n) is 7.38. The Kier molecular flexibility index (Phi) is 4.41. The van der Waals surface area contributed by atoms with Crippen molar-refractivity contribution in [1.29, 1.82) is 0 Å². The lowest BCUT2D eigenvalue weighted by Crippen LogP contribution is -2.28. The van der Waals surface area contributed by atoms with Gasteiger partial charge in [-0.15, -0.1) is 0 Å². The maximum atomic E-state index is 12.3. The molecule has 1 saturated heterocycles. The molecular formula is C20H26O4. The Labute approximate surface area is 143 Å². The summed E-state index contributed by atoms with van der Waals surface area (Å²) in [5, 5.41) is 0. The Morgan fingerprint density at radius 3 is 2.71 bits per heavy atom. The highest BCUT2D eigenvalue weighted by Crippen LogP contribution is 2.52. The van der Waals surface area contributed by atoms with E-state index in [1.54, 1.807) is 0 Å². The molecule has 3 aliphatic rings. The van der Waals surface area contributed by atoms with Gasteiger partial charge in [-0.05, 0) is 37.2 Å². The van der Waals surface area contributed by atoms with E-state index in [9.17, 15) is 9.59 Å². The molecule has 1 aliphatic heterocycles. The summed E-state index contributed by atoms with van der Waals surface area (Å²) < 4.78 is 11.4. The van der Waals surface area contributed by atoms with E-state index in [-0.39, 0.29) is 47.8 Å². The van der Waals surface area contributed by atoms with Gasteiger partial charge >= 0.3 is 11.9 Å². The SMILES string of the molecule is C=C1CC[C@H]2C(=C)[C@H](OC(=O)[C@H](C)CC)C[C@H]3C(=C)C(=O)O[C@@H]3[C@@H]12. The molecule has 24 heavy (non-hydrogen) atoms. The topological polar surface area (TPSA) is 52.6 Å². The summed E-state index contributed by atoms with van der Waals surface area (Å²) in [5.74, 6) is -0.585. The third-order valence-electron chi connectivity index (χ3n) is 6.02. The lowest BCUT2D eigenvalue weighted by Gasteiger charge is -2.26. The molecule has 3 rings (SSSR count). The molecule has 0 amide bonds. The largest absolute Gasteiger partial charge is 0.458 e. The molecule has 0 N–H and O–H groups in total. The van der Waals surface area contributed by atoms with Crippen LogP contribution in [0, 0.1) is 23.7 Å². The van der Waals surface area contributed by atoms with E-state index in [2.05, 4.69) is 19.7 Å². The Balaban J connectivity index is 1.91. The zero-order valence-electron chi connectivity index (χ0n) is 14.5. The fraction of sp³-hybridized carbons (Fsp3) is 0.600. The van der Waals surface area contributed by atoms with Gasteiger partial charge in [-0.3, -0.25) is 4.79 Å². The van der Waals surface area contributed by atoms with Crippen LogP contribution in [0.5, 0.6) is 0 Å². The molecule has 0 radical (unpaired) electrons. The van der Waals surface area contributed by atoms with Gasteiger partial charge in [0.1, 0.15) is 12.2 Å². The van der Waals surface area contributed by atoms with Crippen LogP contribution in [-0.2, 0) is 19.1 Å². The fourth-order valence-electron chi connectivity index (χ4n) is 4.25. The maximum Gasteiger partial charge on any atom is 0.334 e. The Hall–Kier alpha value is -1.84. The van der Waals surface area contributed by atoms with Gasteiger partial charge in [-0.25, -0.2) is 4.79 Å². The molecule has 0 aromatic carbocycles. The van der Waals surface area contributed by atoms with Crippen molar-refractivity contribution in [3.05, 3.63) is 36.5 Å². The van der Waals surface area contributed by atoms with Gasteiger partial charge in [0.2, 0.25) is 0 Å². The Morgan fingerprint density at radius 1 is 1.33 bits per heavy atom. The van der Waals surface area contributed by atoms with Crippen LogP contribution in [0.3, 0.4) is 0 Å². The number of esters is 2. The first kappa shape index (κ1) is 17.0. The summed E-state index contributed by atoms with van der Waals surface area (Å²) in [6.45, 7) is 16.2. The van der Waals surface area contributed by atoms with Crippen LogP contribution in [0.4, 0.5) is 0 Å². The molecule has 130 valence electrons. The van der Waals surface area contributed by atoms with E-state index in [0.29, 0.717) is 12.0 Å². The van der Waals surface area contributed by atoms with Crippen LogP contribution in [0.2, 0.25) is 0 Å². The normalized spacial score (nSPS) is 36.7. The fourth-order valence-corrected chi connectivity index (χ4v) is 4.25. The first-order valence-electron chi connectivity index (χ1n) is 8.81. The molecule has 0 unspecified atom stereocenters. The quantitative estimate of drug-likeness (QED) is 0.451.